The van der Waals surface area contributed by atoms with Crippen LogP contribution in [0.3, 0.4) is 0 Å². The molecule has 0 saturated heterocycles. The van der Waals surface area contributed by atoms with E-state index in [4.69, 9.17) is 20.9 Å². The van der Waals surface area contributed by atoms with Gasteiger partial charge in [0.15, 0.2) is 0 Å². The van der Waals surface area contributed by atoms with Crippen molar-refractivity contribution in [2.24, 2.45) is 0 Å². The van der Waals surface area contributed by atoms with Crippen LogP contribution < -0.4 is 20.9 Å². The second-order valence-corrected chi connectivity index (χ2v) is 8.11. The van der Waals surface area contributed by atoms with Gasteiger partial charge >= 0.3 is 0 Å². The number of hydrogen-bond donors (Lipinski definition) is 2. The maximum absolute atomic E-state index is 6.27. The molecule has 0 amide bonds. The number of fused-ring (bicyclic) bond motifs is 1. The molecule has 0 spiro atoms. The molecule has 4 N–H and O–H groups in total. The Balaban J connectivity index is 2.11. The summed E-state index contributed by atoms with van der Waals surface area (Å²) in [6.07, 6.45) is 2.68. The largest absolute Gasteiger partial charge is 0.492 e. The minimum Gasteiger partial charge on any atom is -0.492 e. The number of rotatable bonds is 6. The summed E-state index contributed by atoms with van der Waals surface area (Å²) < 4.78 is 11.4. The molecule has 0 bridgehead atoms. The highest BCUT2D eigenvalue weighted by Crippen LogP contribution is 2.55. The molecule has 0 fully saturated rings. The summed E-state index contributed by atoms with van der Waals surface area (Å²) in [6.45, 7) is 13.5. The molecular weight excluding hydrogens is 336 g/mol. The van der Waals surface area contributed by atoms with Crippen LogP contribution in [-0.2, 0) is 10.8 Å². The Morgan fingerprint density at radius 2 is 1.70 bits per heavy atom. The van der Waals surface area contributed by atoms with Gasteiger partial charge in [0.2, 0.25) is 0 Å². The normalized spacial score (nSPS) is 20.1. The third kappa shape index (κ3) is 3.25. The van der Waals surface area contributed by atoms with E-state index < -0.39 is 0 Å². The molecule has 144 valence electrons. The first-order chi connectivity index (χ1) is 12.7. The molecule has 2 aromatic rings. The summed E-state index contributed by atoms with van der Waals surface area (Å²) in [5.41, 5.74) is 17.4. The molecule has 0 aromatic heterocycles. The molecule has 0 aliphatic heterocycles. The fourth-order valence-electron chi connectivity index (χ4n) is 4.40. The smallest absolute Gasteiger partial charge is 0.142 e. The van der Waals surface area contributed by atoms with Crippen LogP contribution >= 0.6 is 0 Å². The maximum atomic E-state index is 6.27. The predicted octanol–water partition coefficient (Wildman–Crippen LogP) is 4.80. The van der Waals surface area contributed by atoms with Crippen molar-refractivity contribution in [3.8, 4) is 11.5 Å². The van der Waals surface area contributed by atoms with Crippen LogP contribution in [0.25, 0.3) is 0 Å². The van der Waals surface area contributed by atoms with Crippen molar-refractivity contribution < 1.29 is 9.47 Å². The van der Waals surface area contributed by atoms with Crippen molar-refractivity contribution >= 4 is 11.4 Å². The number of anilines is 2. The number of hydrogen-bond acceptors (Lipinski definition) is 4. The monoisotopic (exact) mass is 366 g/mol. The second kappa shape index (κ2) is 6.84. The Hall–Kier alpha value is -2.62. The lowest BCUT2D eigenvalue weighted by molar-refractivity contribution is 0.341. The molecular formula is C23H30N2O2. The van der Waals surface area contributed by atoms with Gasteiger partial charge in [0, 0.05) is 5.41 Å². The number of ether oxygens (including phenoxy) is 2. The van der Waals surface area contributed by atoms with Gasteiger partial charge < -0.3 is 20.9 Å². The highest BCUT2D eigenvalue weighted by atomic mass is 16.5. The van der Waals surface area contributed by atoms with E-state index in [-0.39, 0.29) is 10.8 Å². The summed E-state index contributed by atoms with van der Waals surface area (Å²) in [4.78, 5) is 0. The van der Waals surface area contributed by atoms with Gasteiger partial charge in [-0.05, 0) is 59.7 Å². The average molecular weight is 367 g/mol. The van der Waals surface area contributed by atoms with Gasteiger partial charge in [0.05, 0.1) is 18.0 Å². The van der Waals surface area contributed by atoms with E-state index in [1.165, 1.54) is 16.7 Å². The van der Waals surface area contributed by atoms with Gasteiger partial charge in [-0.1, -0.05) is 39.5 Å². The molecule has 2 aromatic carbocycles. The minimum absolute atomic E-state index is 0.00964. The van der Waals surface area contributed by atoms with Crippen LogP contribution in [0.4, 0.5) is 11.4 Å². The quantitative estimate of drug-likeness (QED) is 0.569. The Morgan fingerprint density at radius 3 is 2.33 bits per heavy atom. The van der Waals surface area contributed by atoms with Crippen LogP contribution in [0.2, 0.25) is 0 Å². The van der Waals surface area contributed by atoms with Crippen molar-refractivity contribution in [1.29, 1.82) is 0 Å². The summed E-state index contributed by atoms with van der Waals surface area (Å²) in [6, 6.07) is 10.3. The van der Waals surface area contributed by atoms with E-state index >= 15 is 0 Å². The van der Waals surface area contributed by atoms with Crippen molar-refractivity contribution in [1.82, 2.24) is 0 Å². The molecule has 0 radical (unpaired) electrons. The minimum atomic E-state index is -0.177. The number of nitrogens with two attached hydrogens (primary N) is 2. The van der Waals surface area contributed by atoms with Crippen LogP contribution in [0.5, 0.6) is 11.5 Å². The first kappa shape index (κ1) is 19.2. The average Bonchev–Trinajstić information content (AvgIpc) is 2.81. The molecule has 3 rings (SSSR count). The number of nitrogen functional groups attached to an aromatic ring is 2. The molecule has 1 aliphatic rings. The van der Waals surface area contributed by atoms with Gasteiger partial charge in [0.1, 0.15) is 18.1 Å². The molecule has 4 heteroatoms. The molecule has 1 atom stereocenters. The third-order valence-corrected chi connectivity index (χ3v) is 5.57. The Labute approximate surface area is 162 Å². The maximum Gasteiger partial charge on any atom is 0.142 e. The van der Waals surface area contributed by atoms with E-state index in [0.29, 0.717) is 30.3 Å². The first-order valence-electron chi connectivity index (χ1n) is 9.44. The molecule has 0 heterocycles. The molecule has 4 nitrogen and oxygen atoms in total. The second-order valence-electron chi connectivity index (χ2n) is 8.11. The highest BCUT2D eigenvalue weighted by Gasteiger charge is 2.46. The van der Waals surface area contributed by atoms with Crippen LogP contribution in [-0.4, -0.2) is 13.2 Å². The SMILES string of the molecule is C=CCOc1ccc(C2(C)CC(C)(C)c3cc(N)c(OCC)cc32)cc1N. The van der Waals surface area contributed by atoms with E-state index in [1.807, 2.05) is 19.1 Å². The van der Waals surface area contributed by atoms with Gasteiger partial charge in [-0.2, -0.15) is 0 Å². The lowest BCUT2D eigenvalue weighted by Crippen LogP contribution is -2.23. The molecule has 27 heavy (non-hydrogen) atoms. The lowest BCUT2D eigenvalue weighted by atomic mass is 9.75. The van der Waals surface area contributed by atoms with E-state index in [9.17, 15) is 0 Å². The van der Waals surface area contributed by atoms with Crippen LogP contribution in [0.15, 0.2) is 43.0 Å². The Kier molecular flexibility index (Phi) is 4.85. The van der Waals surface area contributed by atoms with E-state index in [1.54, 1.807) is 6.08 Å². The lowest BCUT2D eigenvalue weighted by Gasteiger charge is -2.29. The van der Waals surface area contributed by atoms with Crippen molar-refractivity contribution in [3.05, 3.63) is 59.7 Å². The van der Waals surface area contributed by atoms with E-state index in [0.717, 1.165) is 12.2 Å². The van der Waals surface area contributed by atoms with Crippen LogP contribution in [0, 0.1) is 0 Å². The zero-order valence-electron chi connectivity index (χ0n) is 16.8. The van der Waals surface area contributed by atoms with Crippen molar-refractivity contribution in [3.63, 3.8) is 0 Å². The van der Waals surface area contributed by atoms with E-state index in [2.05, 4.69) is 45.5 Å². The Morgan fingerprint density at radius 1 is 1.00 bits per heavy atom. The molecule has 0 saturated carbocycles. The summed E-state index contributed by atoms with van der Waals surface area (Å²) in [7, 11) is 0. The van der Waals surface area contributed by atoms with Gasteiger partial charge in [-0.15, -0.1) is 0 Å². The van der Waals surface area contributed by atoms with Crippen molar-refractivity contribution in [2.45, 2.75) is 44.9 Å². The van der Waals surface area contributed by atoms with Gasteiger partial charge in [0.25, 0.3) is 0 Å². The summed E-state index contributed by atoms with van der Waals surface area (Å²) >= 11 is 0. The van der Waals surface area contributed by atoms with Gasteiger partial charge in [-0.3, -0.25) is 0 Å². The molecule has 1 unspecified atom stereocenters. The summed E-state index contributed by atoms with van der Waals surface area (Å²) in [5, 5.41) is 0. The third-order valence-electron chi connectivity index (χ3n) is 5.57. The van der Waals surface area contributed by atoms with Crippen LogP contribution in [0.1, 0.15) is 50.8 Å². The summed E-state index contributed by atoms with van der Waals surface area (Å²) in [5.74, 6) is 1.44. The fourth-order valence-corrected chi connectivity index (χ4v) is 4.40. The Bertz CT molecular complexity index is 873. The fraction of sp³-hybridized carbons (Fsp3) is 0.391. The topological polar surface area (TPSA) is 70.5 Å². The highest BCUT2D eigenvalue weighted by molar-refractivity contribution is 5.65. The standard InChI is InChI=1S/C23H30N2O2/c1-6-10-27-20-9-8-15(11-18(20)24)23(5)14-22(3,4)16-12-19(25)21(26-7-2)13-17(16)23/h6,8-9,11-13H,1,7,10,14,24-25H2,2-5H3. The zero-order chi connectivity index (χ0) is 19.8. The first-order valence-corrected chi connectivity index (χ1v) is 9.44. The predicted molar refractivity (Wildman–Crippen MR) is 113 cm³/mol. The zero-order valence-corrected chi connectivity index (χ0v) is 16.8. The van der Waals surface area contributed by atoms with Gasteiger partial charge in [-0.25, -0.2) is 0 Å². The number of benzene rings is 2. The molecule has 1 aliphatic carbocycles. The van der Waals surface area contributed by atoms with Crippen molar-refractivity contribution in [2.75, 3.05) is 24.7 Å².